The van der Waals surface area contributed by atoms with Crippen molar-refractivity contribution in [1.82, 2.24) is 14.7 Å². The number of likely N-dealkylation sites (tertiary alicyclic amines) is 1. The molecule has 1 unspecified atom stereocenters. The summed E-state index contributed by atoms with van der Waals surface area (Å²) in [5, 5.41) is 10.1. The highest BCUT2D eigenvalue weighted by Gasteiger charge is 2.24. The molecular weight excluding hydrogens is 353 g/mol. The number of carbonyl (C=O) groups is 1. The fraction of sp³-hybridized carbons (Fsp3) is 0.688. The van der Waals surface area contributed by atoms with E-state index >= 15 is 0 Å². The Kier molecular flexibility index (Phi) is 9.08. The highest BCUT2D eigenvalue weighted by Crippen LogP contribution is 2.16. The van der Waals surface area contributed by atoms with Crippen molar-refractivity contribution in [2.24, 2.45) is 0 Å². The Morgan fingerprint density at radius 1 is 1.08 bits per heavy atom. The van der Waals surface area contributed by atoms with Gasteiger partial charge >= 0.3 is 0 Å². The molecule has 24 heavy (non-hydrogen) atoms. The number of nitrogens with zero attached hydrogens (tertiary/aromatic N) is 3. The van der Waals surface area contributed by atoms with Gasteiger partial charge in [0.05, 0.1) is 12.8 Å². The average molecular weight is 380 g/mol. The minimum absolute atomic E-state index is 0. The van der Waals surface area contributed by atoms with Crippen molar-refractivity contribution in [3.63, 3.8) is 0 Å². The number of furan rings is 1. The molecule has 1 amide bonds. The summed E-state index contributed by atoms with van der Waals surface area (Å²) in [7, 11) is 0. The van der Waals surface area contributed by atoms with Crippen LogP contribution in [0.3, 0.4) is 0 Å². The number of rotatable bonds is 5. The summed E-state index contributed by atoms with van der Waals surface area (Å²) < 4.78 is 5.23. The van der Waals surface area contributed by atoms with Crippen molar-refractivity contribution < 1.29 is 14.3 Å². The first-order valence-electron chi connectivity index (χ1n) is 8.16. The van der Waals surface area contributed by atoms with Gasteiger partial charge in [0, 0.05) is 45.8 Å². The number of carbonyl (C=O) groups excluding carboxylic acids is 1. The molecule has 6 nitrogen and oxygen atoms in total. The molecule has 0 aromatic carbocycles. The molecule has 1 N–H and O–H groups in total. The lowest BCUT2D eigenvalue weighted by Crippen LogP contribution is -2.50. The molecule has 0 aliphatic carbocycles. The van der Waals surface area contributed by atoms with E-state index in [1.165, 1.54) is 0 Å². The van der Waals surface area contributed by atoms with E-state index in [0.717, 1.165) is 52.1 Å². The zero-order chi connectivity index (χ0) is 15.4. The monoisotopic (exact) mass is 379 g/mol. The topological polar surface area (TPSA) is 60.2 Å². The van der Waals surface area contributed by atoms with Crippen LogP contribution in [0.5, 0.6) is 0 Å². The number of amides is 1. The molecule has 2 aliphatic rings. The van der Waals surface area contributed by atoms with Crippen LogP contribution in [0.25, 0.3) is 0 Å². The zero-order valence-corrected chi connectivity index (χ0v) is 15.4. The lowest BCUT2D eigenvalue weighted by molar-refractivity contribution is -0.131. The Hall–Kier alpha value is -0.790. The summed E-state index contributed by atoms with van der Waals surface area (Å²) in [6.07, 6.45) is 3.29. The molecule has 0 radical (unpaired) electrons. The SMILES string of the molecule is Cl.Cl.O=C(CN1CCN(CC(O)c2ccco2)CC1)N1CCCC1. The summed E-state index contributed by atoms with van der Waals surface area (Å²) >= 11 is 0. The molecule has 0 spiro atoms. The van der Waals surface area contributed by atoms with E-state index in [1.807, 2.05) is 4.90 Å². The summed E-state index contributed by atoms with van der Waals surface area (Å²) in [6.45, 7) is 6.49. The van der Waals surface area contributed by atoms with Crippen LogP contribution in [0.15, 0.2) is 22.8 Å². The number of hydrogen-bond donors (Lipinski definition) is 1. The second kappa shape index (κ2) is 10.3. The Morgan fingerprint density at radius 2 is 1.71 bits per heavy atom. The molecule has 1 aromatic heterocycles. The molecule has 0 saturated carbocycles. The number of aliphatic hydroxyl groups is 1. The van der Waals surface area contributed by atoms with Gasteiger partial charge in [0.2, 0.25) is 5.91 Å². The van der Waals surface area contributed by atoms with E-state index in [-0.39, 0.29) is 30.7 Å². The number of piperazine rings is 1. The Balaban J connectivity index is 0.00000144. The Labute approximate surface area is 155 Å². The lowest BCUT2D eigenvalue weighted by Gasteiger charge is -2.35. The summed E-state index contributed by atoms with van der Waals surface area (Å²) in [4.78, 5) is 18.6. The van der Waals surface area contributed by atoms with Gasteiger partial charge in [-0.05, 0) is 25.0 Å². The van der Waals surface area contributed by atoms with Crippen LogP contribution < -0.4 is 0 Å². The second-order valence-electron chi connectivity index (χ2n) is 6.20. The number of hydrogen-bond acceptors (Lipinski definition) is 5. The maximum atomic E-state index is 12.1. The molecule has 8 heteroatoms. The molecule has 2 aliphatic heterocycles. The summed E-state index contributed by atoms with van der Waals surface area (Å²) in [5.41, 5.74) is 0. The van der Waals surface area contributed by atoms with E-state index in [1.54, 1.807) is 18.4 Å². The second-order valence-corrected chi connectivity index (χ2v) is 6.20. The van der Waals surface area contributed by atoms with Crippen LogP contribution in [-0.4, -0.2) is 78.1 Å². The van der Waals surface area contributed by atoms with Gasteiger partial charge in [-0.3, -0.25) is 14.6 Å². The standard InChI is InChI=1S/C16H25N3O3.2ClH/c20-14(15-4-3-11-22-15)12-17-7-9-18(10-8-17)13-16(21)19-5-1-2-6-19;;/h3-4,11,14,20H,1-2,5-10,12-13H2;2*1H. The lowest BCUT2D eigenvalue weighted by atomic mass is 10.2. The average Bonchev–Trinajstić information content (AvgIpc) is 3.23. The molecule has 1 atom stereocenters. The first-order valence-corrected chi connectivity index (χ1v) is 8.16. The molecule has 3 rings (SSSR count). The fourth-order valence-electron chi connectivity index (χ4n) is 3.20. The fourth-order valence-corrected chi connectivity index (χ4v) is 3.20. The van der Waals surface area contributed by atoms with Gasteiger partial charge in [-0.2, -0.15) is 0 Å². The highest BCUT2D eigenvalue weighted by atomic mass is 35.5. The van der Waals surface area contributed by atoms with Crippen LogP contribution in [0.2, 0.25) is 0 Å². The maximum absolute atomic E-state index is 12.1. The van der Waals surface area contributed by atoms with Crippen molar-refractivity contribution >= 4 is 30.7 Å². The zero-order valence-electron chi connectivity index (χ0n) is 13.8. The van der Waals surface area contributed by atoms with Gasteiger partial charge in [0.15, 0.2) is 0 Å². The van der Waals surface area contributed by atoms with Crippen LogP contribution in [0, 0.1) is 0 Å². The first kappa shape index (κ1) is 21.3. The molecule has 0 bridgehead atoms. The van der Waals surface area contributed by atoms with E-state index in [4.69, 9.17) is 4.42 Å². The van der Waals surface area contributed by atoms with Crippen LogP contribution in [0.1, 0.15) is 24.7 Å². The largest absolute Gasteiger partial charge is 0.467 e. The Morgan fingerprint density at radius 3 is 2.29 bits per heavy atom. The molecule has 138 valence electrons. The predicted octanol–water partition coefficient (Wildman–Crippen LogP) is 1.40. The summed E-state index contributed by atoms with van der Waals surface area (Å²) in [6, 6.07) is 3.59. The molecular formula is C16H27Cl2N3O3. The number of β-amino-alcohol motifs (C(OH)–C–C–N with tert-alkyl or cyclic N) is 1. The summed E-state index contributed by atoms with van der Waals surface area (Å²) in [5.74, 6) is 0.883. The first-order chi connectivity index (χ1) is 10.7. The Bertz CT molecular complexity index is 473. The van der Waals surface area contributed by atoms with Crippen LogP contribution in [0.4, 0.5) is 0 Å². The van der Waals surface area contributed by atoms with Gasteiger partial charge in [0.25, 0.3) is 0 Å². The number of halogens is 2. The van der Waals surface area contributed by atoms with Gasteiger partial charge < -0.3 is 14.4 Å². The minimum Gasteiger partial charge on any atom is -0.467 e. The van der Waals surface area contributed by atoms with E-state index in [9.17, 15) is 9.90 Å². The van der Waals surface area contributed by atoms with Gasteiger partial charge in [-0.25, -0.2) is 0 Å². The molecule has 3 heterocycles. The van der Waals surface area contributed by atoms with Crippen molar-refractivity contribution in [2.75, 3.05) is 52.4 Å². The van der Waals surface area contributed by atoms with E-state index < -0.39 is 6.10 Å². The third-order valence-electron chi connectivity index (χ3n) is 4.59. The van der Waals surface area contributed by atoms with Crippen LogP contribution in [-0.2, 0) is 4.79 Å². The van der Waals surface area contributed by atoms with Gasteiger partial charge in [0.1, 0.15) is 11.9 Å². The smallest absolute Gasteiger partial charge is 0.236 e. The van der Waals surface area contributed by atoms with Crippen molar-refractivity contribution in [1.29, 1.82) is 0 Å². The van der Waals surface area contributed by atoms with E-state index in [2.05, 4.69) is 9.80 Å². The van der Waals surface area contributed by atoms with Gasteiger partial charge in [-0.15, -0.1) is 24.8 Å². The molecule has 1 aromatic rings. The third-order valence-corrected chi connectivity index (χ3v) is 4.59. The molecule has 2 fully saturated rings. The quantitative estimate of drug-likeness (QED) is 0.837. The highest BCUT2D eigenvalue weighted by molar-refractivity contribution is 5.85. The van der Waals surface area contributed by atoms with E-state index in [0.29, 0.717) is 18.8 Å². The van der Waals surface area contributed by atoms with Crippen molar-refractivity contribution in [3.05, 3.63) is 24.2 Å². The van der Waals surface area contributed by atoms with Gasteiger partial charge in [-0.1, -0.05) is 0 Å². The number of aliphatic hydroxyl groups excluding tert-OH is 1. The van der Waals surface area contributed by atoms with Crippen molar-refractivity contribution in [3.8, 4) is 0 Å². The molecule has 2 saturated heterocycles. The predicted molar refractivity (Wildman–Crippen MR) is 96.9 cm³/mol. The van der Waals surface area contributed by atoms with Crippen molar-refractivity contribution in [2.45, 2.75) is 18.9 Å². The maximum Gasteiger partial charge on any atom is 0.236 e. The minimum atomic E-state index is -0.576. The normalized spacial score (nSPS) is 20.3. The third kappa shape index (κ3) is 5.63. The van der Waals surface area contributed by atoms with Crippen LogP contribution >= 0.6 is 24.8 Å².